The minimum atomic E-state index is -0.669. The summed E-state index contributed by atoms with van der Waals surface area (Å²) in [5.41, 5.74) is -0.0193. The van der Waals surface area contributed by atoms with Crippen molar-refractivity contribution in [3.8, 4) is 17.2 Å². The van der Waals surface area contributed by atoms with E-state index in [1.807, 2.05) is 0 Å². The van der Waals surface area contributed by atoms with Gasteiger partial charge in [0.2, 0.25) is 0 Å². The average molecular weight is 306 g/mol. The molecule has 0 saturated carbocycles. The SMILES string of the molecule is O=C(OC1COC2CCC=CC2C1)c1cc(O)c(O)c(O)c1. The fraction of sp³-hybridized carbons (Fsp3) is 0.438. The highest BCUT2D eigenvalue weighted by molar-refractivity contribution is 5.91. The molecule has 0 spiro atoms. The van der Waals surface area contributed by atoms with Gasteiger partial charge in [-0.1, -0.05) is 12.2 Å². The molecule has 3 unspecified atom stereocenters. The van der Waals surface area contributed by atoms with E-state index in [2.05, 4.69) is 12.2 Å². The summed E-state index contributed by atoms with van der Waals surface area (Å²) in [5, 5.41) is 28.2. The zero-order valence-electron chi connectivity index (χ0n) is 11.9. The van der Waals surface area contributed by atoms with Crippen LogP contribution < -0.4 is 0 Å². The molecule has 0 radical (unpaired) electrons. The first-order valence-corrected chi connectivity index (χ1v) is 7.29. The van der Waals surface area contributed by atoms with Gasteiger partial charge < -0.3 is 24.8 Å². The lowest BCUT2D eigenvalue weighted by Gasteiger charge is -2.36. The molecule has 1 fully saturated rings. The fourth-order valence-electron chi connectivity index (χ4n) is 2.93. The zero-order valence-corrected chi connectivity index (χ0v) is 11.9. The van der Waals surface area contributed by atoms with Crippen LogP contribution in [0.5, 0.6) is 17.2 Å². The molecular formula is C16H18O6. The van der Waals surface area contributed by atoms with Gasteiger partial charge in [-0.25, -0.2) is 4.79 Å². The lowest BCUT2D eigenvalue weighted by Crippen LogP contribution is -2.39. The Morgan fingerprint density at radius 2 is 1.95 bits per heavy atom. The highest BCUT2D eigenvalue weighted by Gasteiger charge is 2.33. The van der Waals surface area contributed by atoms with E-state index in [9.17, 15) is 20.1 Å². The van der Waals surface area contributed by atoms with Crippen molar-refractivity contribution >= 4 is 5.97 Å². The van der Waals surface area contributed by atoms with E-state index in [0.717, 1.165) is 25.0 Å². The Morgan fingerprint density at radius 3 is 2.68 bits per heavy atom. The smallest absolute Gasteiger partial charge is 0.338 e. The molecule has 0 amide bonds. The summed E-state index contributed by atoms with van der Waals surface area (Å²) >= 11 is 0. The van der Waals surface area contributed by atoms with Crippen molar-refractivity contribution < 1.29 is 29.6 Å². The van der Waals surface area contributed by atoms with Gasteiger partial charge in [-0.15, -0.1) is 0 Å². The fourth-order valence-corrected chi connectivity index (χ4v) is 2.93. The monoisotopic (exact) mass is 306 g/mol. The van der Waals surface area contributed by atoms with E-state index in [0.29, 0.717) is 13.0 Å². The first-order chi connectivity index (χ1) is 10.5. The Bertz CT molecular complexity index is 586. The molecule has 2 aliphatic rings. The average Bonchev–Trinajstić information content (AvgIpc) is 2.52. The maximum absolute atomic E-state index is 12.1. The molecule has 1 saturated heterocycles. The van der Waals surface area contributed by atoms with Crippen molar-refractivity contribution in [3.05, 3.63) is 29.8 Å². The van der Waals surface area contributed by atoms with Crippen molar-refractivity contribution in [1.29, 1.82) is 0 Å². The number of benzene rings is 1. The van der Waals surface area contributed by atoms with E-state index in [1.165, 1.54) is 0 Å². The highest BCUT2D eigenvalue weighted by atomic mass is 16.6. The van der Waals surface area contributed by atoms with Crippen molar-refractivity contribution in [2.75, 3.05) is 6.61 Å². The van der Waals surface area contributed by atoms with Gasteiger partial charge in [0.15, 0.2) is 17.2 Å². The van der Waals surface area contributed by atoms with Crippen LogP contribution in [0.25, 0.3) is 0 Å². The Kier molecular flexibility index (Phi) is 3.94. The molecule has 1 heterocycles. The normalized spacial score (nSPS) is 27.2. The summed E-state index contributed by atoms with van der Waals surface area (Å²) in [4.78, 5) is 12.1. The summed E-state index contributed by atoms with van der Waals surface area (Å²) < 4.78 is 11.1. The molecule has 3 rings (SSSR count). The number of ether oxygens (including phenoxy) is 2. The molecule has 1 aliphatic heterocycles. The maximum atomic E-state index is 12.1. The maximum Gasteiger partial charge on any atom is 0.338 e. The van der Waals surface area contributed by atoms with Crippen LogP contribution in [0.1, 0.15) is 29.6 Å². The summed E-state index contributed by atoms with van der Waals surface area (Å²) in [6, 6.07) is 2.12. The molecule has 22 heavy (non-hydrogen) atoms. The van der Waals surface area contributed by atoms with Gasteiger partial charge in [0.1, 0.15) is 6.10 Å². The molecule has 3 N–H and O–H groups in total. The number of carbonyl (C=O) groups is 1. The van der Waals surface area contributed by atoms with E-state index in [1.54, 1.807) is 0 Å². The number of hydrogen-bond acceptors (Lipinski definition) is 6. The van der Waals surface area contributed by atoms with E-state index < -0.39 is 23.2 Å². The van der Waals surface area contributed by atoms with Crippen LogP contribution in [0.3, 0.4) is 0 Å². The van der Waals surface area contributed by atoms with Crippen molar-refractivity contribution in [2.45, 2.75) is 31.5 Å². The second kappa shape index (κ2) is 5.88. The van der Waals surface area contributed by atoms with Crippen LogP contribution in [0, 0.1) is 5.92 Å². The molecule has 6 nitrogen and oxygen atoms in total. The van der Waals surface area contributed by atoms with Gasteiger partial charge in [-0.05, 0) is 31.4 Å². The van der Waals surface area contributed by atoms with Crippen LogP contribution >= 0.6 is 0 Å². The van der Waals surface area contributed by atoms with Crippen molar-refractivity contribution in [1.82, 2.24) is 0 Å². The van der Waals surface area contributed by atoms with E-state index in [4.69, 9.17) is 9.47 Å². The second-order valence-electron chi connectivity index (χ2n) is 5.67. The van der Waals surface area contributed by atoms with Crippen molar-refractivity contribution in [2.24, 2.45) is 5.92 Å². The lowest BCUT2D eigenvalue weighted by atomic mass is 9.86. The number of aromatic hydroxyl groups is 3. The van der Waals surface area contributed by atoms with Gasteiger partial charge in [0.25, 0.3) is 0 Å². The molecule has 1 aliphatic carbocycles. The largest absolute Gasteiger partial charge is 0.504 e. The predicted octanol–water partition coefficient (Wildman–Crippen LogP) is 2.08. The lowest BCUT2D eigenvalue weighted by molar-refractivity contribution is -0.0891. The molecule has 6 heteroatoms. The number of phenolic OH excluding ortho intramolecular Hbond substituents is 3. The summed E-state index contributed by atoms with van der Waals surface area (Å²) in [7, 11) is 0. The Balaban J connectivity index is 1.67. The number of rotatable bonds is 2. The number of hydrogen-bond donors (Lipinski definition) is 3. The van der Waals surface area contributed by atoms with Crippen LogP contribution in [-0.2, 0) is 9.47 Å². The topological polar surface area (TPSA) is 96.2 Å². The van der Waals surface area contributed by atoms with Gasteiger partial charge in [-0.3, -0.25) is 0 Å². The molecule has 0 bridgehead atoms. The number of phenols is 3. The molecule has 0 aromatic heterocycles. The molecule has 1 aromatic rings. The third-order valence-electron chi connectivity index (χ3n) is 4.09. The number of allylic oxidation sites excluding steroid dienone is 1. The highest BCUT2D eigenvalue weighted by Crippen LogP contribution is 2.36. The van der Waals surface area contributed by atoms with Gasteiger partial charge in [-0.2, -0.15) is 0 Å². The van der Waals surface area contributed by atoms with E-state index in [-0.39, 0.29) is 23.7 Å². The summed E-state index contributed by atoms with van der Waals surface area (Å²) in [5.74, 6) is -2.21. The van der Waals surface area contributed by atoms with Crippen LogP contribution in [0.15, 0.2) is 24.3 Å². The third-order valence-corrected chi connectivity index (χ3v) is 4.09. The third kappa shape index (κ3) is 2.87. The van der Waals surface area contributed by atoms with Gasteiger partial charge >= 0.3 is 5.97 Å². The Morgan fingerprint density at radius 1 is 1.23 bits per heavy atom. The minimum absolute atomic E-state index is 0.0193. The predicted molar refractivity (Wildman–Crippen MR) is 76.9 cm³/mol. The first kappa shape index (κ1) is 14.7. The summed E-state index contributed by atoms with van der Waals surface area (Å²) in [6.07, 6.45) is 6.75. The summed E-state index contributed by atoms with van der Waals surface area (Å²) in [6.45, 7) is 0.344. The Labute approximate surface area is 127 Å². The number of fused-ring (bicyclic) bond motifs is 1. The number of carbonyl (C=O) groups excluding carboxylic acids is 1. The molecular weight excluding hydrogens is 288 g/mol. The molecule has 118 valence electrons. The van der Waals surface area contributed by atoms with Crippen LogP contribution in [-0.4, -0.2) is 40.1 Å². The first-order valence-electron chi connectivity index (χ1n) is 7.29. The van der Waals surface area contributed by atoms with Crippen molar-refractivity contribution in [3.63, 3.8) is 0 Å². The zero-order chi connectivity index (χ0) is 15.7. The van der Waals surface area contributed by atoms with Crippen LogP contribution in [0.4, 0.5) is 0 Å². The number of esters is 1. The van der Waals surface area contributed by atoms with Crippen LogP contribution in [0.2, 0.25) is 0 Å². The van der Waals surface area contributed by atoms with Gasteiger partial charge in [0.05, 0.1) is 18.3 Å². The standard InChI is InChI=1S/C16H18O6/c17-12-6-10(7-13(18)15(12)19)16(20)22-11-5-9-3-1-2-4-14(9)21-8-11/h1,3,6-7,9,11,14,17-19H,2,4-5,8H2. The minimum Gasteiger partial charge on any atom is -0.504 e. The van der Waals surface area contributed by atoms with Gasteiger partial charge in [0, 0.05) is 5.92 Å². The quantitative estimate of drug-likeness (QED) is 0.440. The second-order valence-corrected chi connectivity index (χ2v) is 5.67. The molecule has 3 atom stereocenters. The Hall–Kier alpha value is -2.21. The molecule has 1 aromatic carbocycles. The van der Waals surface area contributed by atoms with E-state index >= 15 is 0 Å².